The first-order valence-corrected chi connectivity index (χ1v) is 7.49. The molecule has 2 rings (SSSR count). The van der Waals surface area contributed by atoms with Crippen molar-refractivity contribution in [3.8, 4) is 0 Å². The van der Waals surface area contributed by atoms with Crippen LogP contribution in [-0.2, 0) is 22.7 Å². The summed E-state index contributed by atoms with van der Waals surface area (Å²) in [5.41, 5.74) is 3.64. The van der Waals surface area contributed by atoms with Crippen LogP contribution >= 0.6 is 0 Å². The number of ether oxygens (including phenoxy) is 2. The Kier molecular flexibility index (Phi) is 6.54. The van der Waals surface area contributed by atoms with Gasteiger partial charge in [-0.25, -0.2) is 8.78 Å². The first kappa shape index (κ1) is 16.3. The monoisotopic (exact) mass is 299 g/mol. The zero-order chi connectivity index (χ0) is 15.1. The number of hydrogen-bond acceptors (Lipinski definition) is 3. The maximum Gasteiger partial charge on any atom is 0.261 e. The van der Waals surface area contributed by atoms with Gasteiger partial charge in [-0.2, -0.15) is 0 Å². The van der Waals surface area contributed by atoms with Crippen LogP contribution in [0.2, 0.25) is 0 Å². The lowest BCUT2D eigenvalue weighted by Gasteiger charge is -2.20. The number of rotatable bonds is 9. The van der Waals surface area contributed by atoms with Gasteiger partial charge in [-0.05, 0) is 36.1 Å². The van der Waals surface area contributed by atoms with Crippen LogP contribution in [0.1, 0.15) is 42.5 Å². The third kappa shape index (κ3) is 5.02. The molecule has 0 aliphatic carbocycles. The lowest BCUT2D eigenvalue weighted by Crippen LogP contribution is -2.24. The Bertz CT molecular complexity index is 440. The molecule has 1 N–H and O–H groups in total. The standard InChI is InChI=1S/C16H23F2NO2/c1-2-6-19-15(5-7-20-11-16(17)18)12-3-4-13-9-21-10-14(13)8-12/h3-4,8,15-16,19H,2,5-7,9-11H2,1H3. The molecule has 1 unspecified atom stereocenters. The van der Waals surface area contributed by atoms with Crippen molar-refractivity contribution in [2.45, 2.75) is 45.4 Å². The van der Waals surface area contributed by atoms with Crippen molar-refractivity contribution in [1.82, 2.24) is 5.32 Å². The SMILES string of the molecule is CCCNC(CCOCC(F)F)c1ccc2c(c1)COC2. The van der Waals surface area contributed by atoms with E-state index in [-0.39, 0.29) is 6.04 Å². The summed E-state index contributed by atoms with van der Waals surface area (Å²) >= 11 is 0. The first-order valence-electron chi connectivity index (χ1n) is 7.49. The van der Waals surface area contributed by atoms with E-state index in [1.807, 2.05) is 0 Å². The minimum absolute atomic E-state index is 0.133. The highest BCUT2D eigenvalue weighted by Gasteiger charge is 2.16. The minimum Gasteiger partial charge on any atom is -0.375 e. The van der Waals surface area contributed by atoms with E-state index in [1.54, 1.807) is 0 Å². The minimum atomic E-state index is -2.40. The van der Waals surface area contributed by atoms with E-state index in [4.69, 9.17) is 9.47 Å². The number of halogens is 2. The molecule has 5 heteroatoms. The van der Waals surface area contributed by atoms with Crippen LogP contribution in [0.25, 0.3) is 0 Å². The Balaban J connectivity index is 1.94. The van der Waals surface area contributed by atoms with Crippen molar-refractivity contribution in [1.29, 1.82) is 0 Å². The number of hydrogen-bond donors (Lipinski definition) is 1. The van der Waals surface area contributed by atoms with Gasteiger partial charge in [0.1, 0.15) is 6.61 Å². The second kappa shape index (κ2) is 8.41. The average molecular weight is 299 g/mol. The van der Waals surface area contributed by atoms with Gasteiger partial charge in [0.15, 0.2) is 0 Å². The molecule has 0 fully saturated rings. The van der Waals surface area contributed by atoms with E-state index in [9.17, 15) is 8.78 Å². The molecule has 3 nitrogen and oxygen atoms in total. The van der Waals surface area contributed by atoms with Gasteiger partial charge in [0.25, 0.3) is 6.43 Å². The van der Waals surface area contributed by atoms with Gasteiger partial charge in [0.2, 0.25) is 0 Å². The molecule has 118 valence electrons. The second-order valence-corrected chi connectivity index (χ2v) is 5.28. The summed E-state index contributed by atoms with van der Waals surface area (Å²) in [4.78, 5) is 0. The lowest BCUT2D eigenvalue weighted by atomic mass is 9.99. The predicted molar refractivity (Wildman–Crippen MR) is 77.4 cm³/mol. The zero-order valence-corrected chi connectivity index (χ0v) is 12.4. The zero-order valence-electron chi connectivity index (χ0n) is 12.4. The lowest BCUT2D eigenvalue weighted by molar-refractivity contribution is 0.0143. The van der Waals surface area contributed by atoms with Crippen LogP contribution in [0.3, 0.4) is 0 Å². The van der Waals surface area contributed by atoms with E-state index in [1.165, 1.54) is 16.7 Å². The summed E-state index contributed by atoms with van der Waals surface area (Å²) in [6.07, 6.45) is -0.682. The summed E-state index contributed by atoms with van der Waals surface area (Å²) in [5.74, 6) is 0. The van der Waals surface area contributed by atoms with Crippen molar-refractivity contribution in [2.24, 2.45) is 0 Å². The van der Waals surface area contributed by atoms with Crippen LogP contribution in [0, 0.1) is 0 Å². The number of alkyl halides is 2. The topological polar surface area (TPSA) is 30.5 Å². The van der Waals surface area contributed by atoms with Crippen LogP contribution in [-0.4, -0.2) is 26.2 Å². The smallest absolute Gasteiger partial charge is 0.261 e. The van der Waals surface area contributed by atoms with Crippen molar-refractivity contribution >= 4 is 0 Å². The fourth-order valence-electron chi connectivity index (χ4n) is 2.49. The summed E-state index contributed by atoms with van der Waals surface area (Å²) in [5, 5.41) is 3.46. The molecule has 0 amide bonds. The van der Waals surface area contributed by atoms with E-state index < -0.39 is 13.0 Å². The Hall–Kier alpha value is -1.04. The molecule has 1 atom stereocenters. The van der Waals surface area contributed by atoms with Crippen molar-refractivity contribution in [3.63, 3.8) is 0 Å². The normalized spacial score (nSPS) is 15.4. The van der Waals surface area contributed by atoms with Crippen LogP contribution in [0.5, 0.6) is 0 Å². The molecule has 21 heavy (non-hydrogen) atoms. The van der Waals surface area contributed by atoms with Gasteiger partial charge >= 0.3 is 0 Å². The summed E-state index contributed by atoms with van der Waals surface area (Å²) in [6, 6.07) is 6.48. The highest BCUT2D eigenvalue weighted by molar-refractivity contribution is 5.34. The van der Waals surface area contributed by atoms with E-state index in [0.29, 0.717) is 26.2 Å². The summed E-state index contributed by atoms with van der Waals surface area (Å²) in [6.45, 7) is 4.19. The molecule has 1 aromatic carbocycles. The van der Waals surface area contributed by atoms with Crippen LogP contribution in [0.4, 0.5) is 8.78 Å². The molecule has 0 radical (unpaired) electrons. The summed E-state index contributed by atoms with van der Waals surface area (Å²) in [7, 11) is 0. The van der Waals surface area contributed by atoms with Gasteiger partial charge < -0.3 is 14.8 Å². The van der Waals surface area contributed by atoms with Crippen LogP contribution < -0.4 is 5.32 Å². The Morgan fingerprint density at radius 3 is 2.86 bits per heavy atom. The highest BCUT2D eigenvalue weighted by Crippen LogP contribution is 2.25. The number of nitrogens with one attached hydrogen (secondary N) is 1. The molecule has 1 aliphatic rings. The third-order valence-electron chi connectivity index (χ3n) is 3.58. The molecule has 1 heterocycles. The Morgan fingerprint density at radius 2 is 2.10 bits per heavy atom. The fourth-order valence-corrected chi connectivity index (χ4v) is 2.49. The maximum atomic E-state index is 12.1. The van der Waals surface area contributed by atoms with Gasteiger partial charge in [0.05, 0.1) is 13.2 Å². The number of benzene rings is 1. The van der Waals surface area contributed by atoms with E-state index >= 15 is 0 Å². The molecule has 1 aromatic rings. The first-order chi connectivity index (χ1) is 10.2. The average Bonchev–Trinajstić information content (AvgIpc) is 2.93. The molecule has 0 aromatic heterocycles. The third-order valence-corrected chi connectivity index (χ3v) is 3.58. The molecular weight excluding hydrogens is 276 g/mol. The van der Waals surface area contributed by atoms with Crippen LogP contribution in [0.15, 0.2) is 18.2 Å². The number of fused-ring (bicyclic) bond motifs is 1. The quantitative estimate of drug-likeness (QED) is 0.709. The predicted octanol–water partition coefficient (Wildman–Crippen LogP) is 3.43. The molecule has 0 spiro atoms. The van der Waals surface area contributed by atoms with Gasteiger partial charge in [-0.3, -0.25) is 0 Å². The molecule has 0 saturated heterocycles. The van der Waals surface area contributed by atoms with Gasteiger partial charge in [-0.15, -0.1) is 0 Å². The Morgan fingerprint density at radius 1 is 1.29 bits per heavy atom. The second-order valence-electron chi connectivity index (χ2n) is 5.28. The summed E-state index contributed by atoms with van der Waals surface area (Å²) < 4.78 is 34.6. The van der Waals surface area contributed by atoms with Crippen molar-refractivity contribution in [2.75, 3.05) is 19.8 Å². The molecule has 1 aliphatic heterocycles. The van der Waals surface area contributed by atoms with Crippen molar-refractivity contribution < 1.29 is 18.3 Å². The van der Waals surface area contributed by atoms with Crippen molar-refractivity contribution in [3.05, 3.63) is 34.9 Å². The van der Waals surface area contributed by atoms with Gasteiger partial charge in [-0.1, -0.05) is 25.1 Å². The molecular formula is C16H23F2NO2. The largest absolute Gasteiger partial charge is 0.375 e. The Labute approximate surface area is 124 Å². The van der Waals surface area contributed by atoms with Gasteiger partial charge in [0, 0.05) is 12.6 Å². The van der Waals surface area contributed by atoms with E-state index in [2.05, 4.69) is 30.4 Å². The maximum absolute atomic E-state index is 12.1. The van der Waals surface area contributed by atoms with E-state index in [0.717, 1.165) is 13.0 Å². The molecule has 0 saturated carbocycles. The highest BCUT2D eigenvalue weighted by atomic mass is 19.3. The molecule has 0 bridgehead atoms. The fraction of sp³-hybridized carbons (Fsp3) is 0.625.